The van der Waals surface area contributed by atoms with E-state index in [0.29, 0.717) is 11.3 Å². The number of ether oxygens (including phenoxy) is 2. The summed E-state index contributed by atoms with van der Waals surface area (Å²) in [5.74, 6) is 0.646. The molecule has 26 heavy (non-hydrogen) atoms. The summed E-state index contributed by atoms with van der Waals surface area (Å²) in [6, 6.07) is 8.02. The molecule has 0 amide bonds. The van der Waals surface area contributed by atoms with Crippen molar-refractivity contribution in [2.45, 2.75) is 18.9 Å². The van der Waals surface area contributed by atoms with E-state index in [0.717, 1.165) is 69.9 Å². The van der Waals surface area contributed by atoms with Gasteiger partial charge in [0.15, 0.2) is 0 Å². The van der Waals surface area contributed by atoms with Gasteiger partial charge in [-0.3, -0.25) is 4.90 Å². The first-order valence-corrected chi connectivity index (χ1v) is 9.22. The number of morpholine rings is 1. The van der Waals surface area contributed by atoms with Gasteiger partial charge in [-0.15, -0.1) is 0 Å². The van der Waals surface area contributed by atoms with Crippen molar-refractivity contribution in [1.29, 1.82) is 10.7 Å². The third-order valence-corrected chi connectivity index (χ3v) is 4.87. The third-order valence-electron chi connectivity index (χ3n) is 4.87. The van der Waals surface area contributed by atoms with Gasteiger partial charge in [0.25, 0.3) is 0 Å². The lowest BCUT2D eigenvalue weighted by Gasteiger charge is -2.27. The van der Waals surface area contributed by atoms with E-state index in [2.05, 4.69) is 16.3 Å². The summed E-state index contributed by atoms with van der Waals surface area (Å²) >= 11 is 0. The number of nitriles is 1. The highest BCUT2D eigenvalue weighted by molar-refractivity contribution is 5.83. The molecule has 1 atom stereocenters. The zero-order valence-electron chi connectivity index (χ0n) is 15.0. The van der Waals surface area contributed by atoms with E-state index in [1.54, 1.807) is 0 Å². The molecule has 0 radical (unpaired) electrons. The van der Waals surface area contributed by atoms with Crippen molar-refractivity contribution in [2.75, 3.05) is 45.9 Å². The first-order valence-electron chi connectivity index (χ1n) is 9.22. The van der Waals surface area contributed by atoms with Crippen LogP contribution in [0.25, 0.3) is 5.57 Å². The highest BCUT2D eigenvalue weighted by Gasteiger charge is 2.18. The molecular weight excluding hydrogens is 328 g/mol. The highest BCUT2D eigenvalue weighted by atomic mass is 16.5. The number of nitrogens with zero attached hydrogens (tertiary/aromatic N) is 2. The van der Waals surface area contributed by atoms with Crippen LogP contribution in [0.3, 0.4) is 0 Å². The third kappa shape index (κ3) is 4.92. The molecule has 2 aliphatic rings. The van der Waals surface area contributed by atoms with Crippen LogP contribution in [0.4, 0.5) is 0 Å². The Morgan fingerprint density at radius 3 is 2.96 bits per heavy atom. The summed E-state index contributed by atoms with van der Waals surface area (Å²) in [6.45, 7) is 6.17. The Labute approximate surface area is 154 Å². The van der Waals surface area contributed by atoms with Crippen molar-refractivity contribution in [3.05, 3.63) is 35.4 Å². The van der Waals surface area contributed by atoms with Crippen LogP contribution in [0, 0.1) is 16.7 Å². The molecule has 138 valence electrons. The Kier molecular flexibility index (Phi) is 6.78. The van der Waals surface area contributed by atoms with E-state index < -0.39 is 0 Å². The van der Waals surface area contributed by atoms with E-state index >= 15 is 0 Å². The minimum atomic E-state index is 0.130. The van der Waals surface area contributed by atoms with Gasteiger partial charge in [-0.1, -0.05) is 6.07 Å². The van der Waals surface area contributed by atoms with E-state index in [1.807, 2.05) is 24.3 Å². The fourth-order valence-electron chi connectivity index (χ4n) is 3.36. The van der Waals surface area contributed by atoms with Crippen molar-refractivity contribution in [3.8, 4) is 11.8 Å². The zero-order valence-corrected chi connectivity index (χ0v) is 15.0. The number of rotatable bonds is 7. The average molecular weight is 354 g/mol. The first-order chi connectivity index (χ1) is 12.8. The first kappa shape index (κ1) is 18.6. The predicted molar refractivity (Wildman–Crippen MR) is 102 cm³/mol. The van der Waals surface area contributed by atoms with Gasteiger partial charge in [-0.25, -0.2) is 0 Å². The maximum atomic E-state index is 9.53. The largest absolute Gasteiger partial charge is 0.488 e. The predicted octanol–water partition coefficient (Wildman–Crippen LogP) is 2.05. The Bertz CT molecular complexity index is 684. The summed E-state index contributed by atoms with van der Waals surface area (Å²) in [5, 5.41) is 20.3. The molecule has 0 aromatic heterocycles. The van der Waals surface area contributed by atoms with Crippen molar-refractivity contribution in [1.82, 2.24) is 10.2 Å². The van der Waals surface area contributed by atoms with Crippen LogP contribution in [0.1, 0.15) is 24.0 Å². The summed E-state index contributed by atoms with van der Waals surface area (Å²) < 4.78 is 11.4. The highest BCUT2D eigenvalue weighted by Crippen LogP contribution is 2.27. The standard InChI is InChI=1S/C20H26N4O2/c21-6-3-16(5-8-24-9-11-25-12-10-24)17-1-2-20(18(13-17)14-22)26-19-4-7-23-15-19/h1-3,6,13,19,21,23H,4-5,7-12,15H2/b16-3+,21-6?/t19-/m1/s1. The SMILES string of the molecule is N#Cc1cc(/C(=C/C=N)CCN2CCOCC2)ccc1O[C@@H]1CCNC1. The van der Waals surface area contributed by atoms with Gasteiger partial charge in [0.1, 0.15) is 17.9 Å². The topological polar surface area (TPSA) is 81.4 Å². The second kappa shape index (κ2) is 9.48. The lowest BCUT2D eigenvalue weighted by molar-refractivity contribution is 0.0390. The fraction of sp³-hybridized carbons (Fsp3) is 0.500. The van der Waals surface area contributed by atoms with Gasteiger partial charge in [0.05, 0.1) is 18.8 Å². The van der Waals surface area contributed by atoms with Crippen LogP contribution in [-0.2, 0) is 4.74 Å². The molecule has 2 heterocycles. The van der Waals surface area contributed by atoms with Crippen molar-refractivity contribution in [2.24, 2.45) is 0 Å². The molecule has 2 fully saturated rings. The van der Waals surface area contributed by atoms with Gasteiger partial charge < -0.3 is 20.2 Å². The second-order valence-electron chi connectivity index (χ2n) is 6.62. The van der Waals surface area contributed by atoms with Crippen LogP contribution in [0.15, 0.2) is 24.3 Å². The van der Waals surface area contributed by atoms with Crippen LogP contribution >= 0.6 is 0 Å². The summed E-state index contributed by atoms with van der Waals surface area (Å²) in [7, 11) is 0. The smallest absolute Gasteiger partial charge is 0.137 e. The van der Waals surface area contributed by atoms with Crippen molar-refractivity contribution >= 4 is 11.8 Å². The van der Waals surface area contributed by atoms with Gasteiger partial charge in [-0.05, 0) is 48.7 Å². The maximum absolute atomic E-state index is 9.53. The normalized spacial score (nSPS) is 21.3. The van der Waals surface area contributed by atoms with Crippen LogP contribution in [-0.4, -0.2) is 63.2 Å². The molecule has 1 aromatic rings. The van der Waals surface area contributed by atoms with E-state index in [1.165, 1.54) is 6.21 Å². The second-order valence-corrected chi connectivity index (χ2v) is 6.62. The minimum Gasteiger partial charge on any atom is -0.488 e. The summed E-state index contributed by atoms with van der Waals surface area (Å²) in [6.07, 6.45) is 5.07. The van der Waals surface area contributed by atoms with Gasteiger partial charge in [0, 0.05) is 32.4 Å². The number of nitrogens with one attached hydrogen (secondary N) is 2. The van der Waals surface area contributed by atoms with Gasteiger partial charge >= 0.3 is 0 Å². The van der Waals surface area contributed by atoms with Crippen molar-refractivity contribution in [3.63, 3.8) is 0 Å². The van der Waals surface area contributed by atoms with Gasteiger partial charge in [0.2, 0.25) is 0 Å². The molecule has 0 spiro atoms. The van der Waals surface area contributed by atoms with Gasteiger partial charge in [-0.2, -0.15) is 5.26 Å². The Morgan fingerprint density at radius 2 is 2.27 bits per heavy atom. The number of hydrogen-bond donors (Lipinski definition) is 2. The van der Waals surface area contributed by atoms with E-state index in [9.17, 15) is 5.26 Å². The molecule has 2 N–H and O–H groups in total. The molecule has 0 bridgehead atoms. The molecular formula is C20H26N4O2. The fourth-order valence-corrected chi connectivity index (χ4v) is 3.36. The van der Waals surface area contributed by atoms with E-state index in [-0.39, 0.29) is 6.10 Å². The lowest BCUT2D eigenvalue weighted by atomic mass is 9.99. The molecule has 2 aliphatic heterocycles. The zero-order chi connectivity index (χ0) is 18.2. The molecule has 0 aliphatic carbocycles. The maximum Gasteiger partial charge on any atom is 0.137 e. The van der Waals surface area contributed by atoms with Crippen molar-refractivity contribution < 1.29 is 9.47 Å². The molecule has 3 rings (SSSR count). The molecule has 6 nitrogen and oxygen atoms in total. The molecule has 0 unspecified atom stereocenters. The summed E-state index contributed by atoms with van der Waals surface area (Å²) in [4.78, 5) is 2.37. The molecule has 0 saturated carbocycles. The summed E-state index contributed by atoms with van der Waals surface area (Å²) in [5.41, 5.74) is 2.60. The van der Waals surface area contributed by atoms with Crippen LogP contribution < -0.4 is 10.1 Å². The molecule has 2 saturated heterocycles. The van der Waals surface area contributed by atoms with Crippen LogP contribution in [0.5, 0.6) is 5.75 Å². The monoisotopic (exact) mass is 354 g/mol. The number of hydrogen-bond acceptors (Lipinski definition) is 6. The Hall–Kier alpha value is -2.20. The Balaban J connectivity index is 1.70. The average Bonchev–Trinajstić information content (AvgIpc) is 3.19. The quantitative estimate of drug-likeness (QED) is 0.733. The van der Waals surface area contributed by atoms with E-state index in [4.69, 9.17) is 14.9 Å². The number of benzene rings is 1. The molecule has 6 heteroatoms. The Morgan fingerprint density at radius 1 is 1.42 bits per heavy atom. The molecule has 1 aromatic carbocycles. The van der Waals surface area contributed by atoms with Crippen LogP contribution in [0.2, 0.25) is 0 Å². The lowest BCUT2D eigenvalue weighted by Crippen LogP contribution is -2.36. The number of allylic oxidation sites excluding steroid dienone is 1. The minimum absolute atomic E-state index is 0.130.